The monoisotopic (exact) mass is 277 g/mol. The van der Waals surface area contributed by atoms with Crippen LogP contribution in [0.3, 0.4) is 0 Å². The molecule has 1 heterocycles. The van der Waals surface area contributed by atoms with Crippen LogP contribution >= 0.6 is 11.3 Å². The minimum absolute atomic E-state index is 0.123. The lowest BCUT2D eigenvalue weighted by Gasteiger charge is -2.07. The first-order valence-corrected chi connectivity index (χ1v) is 6.66. The Hall–Kier alpha value is -2.08. The number of carbonyl (C=O) groups excluding carboxylic acids is 1. The molecule has 0 saturated heterocycles. The van der Waals surface area contributed by atoms with Crippen LogP contribution < -0.4 is 15.8 Å². The van der Waals surface area contributed by atoms with Crippen molar-refractivity contribution < 1.29 is 9.53 Å². The maximum atomic E-state index is 11.7. The van der Waals surface area contributed by atoms with E-state index in [1.165, 1.54) is 11.3 Å². The molecule has 1 aromatic heterocycles. The average Bonchev–Trinajstić information content (AvgIpc) is 2.81. The molecule has 0 radical (unpaired) electrons. The van der Waals surface area contributed by atoms with Gasteiger partial charge in [0.15, 0.2) is 0 Å². The van der Waals surface area contributed by atoms with E-state index in [9.17, 15) is 4.79 Å². The van der Waals surface area contributed by atoms with Gasteiger partial charge in [0.2, 0.25) is 0 Å². The maximum Gasteiger partial charge on any atom is 0.263 e. The lowest BCUT2D eigenvalue weighted by Crippen LogP contribution is -2.27. The predicted octanol–water partition coefficient (Wildman–Crippen LogP) is 1.84. The zero-order valence-corrected chi connectivity index (χ0v) is 11.4. The van der Waals surface area contributed by atoms with E-state index in [1.807, 2.05) is 19.1 Å². The van der Waals surface area contributed by atoms with Gasteiger partial charge in [-0.05, 0) is 19.1 Å². The van der Waals surface area contributed by atoms with Crippen molar-refractivity contribution in [3.63, 3.8) is 0 Å². The molecule has 0 aliphatic heterocycles. The number of nitrogens with zero attached hydrogens (tertiary/aromatic N) is 1. The fraction of sp³-hybridized carbons (Fsp3) is 0.231. The van der Waals surface area contributed by atoms with Gasteiger partial charge in [-0.3, -0.25) is 4.79 Å². The second-order valence-electron chi connectivity index (χ2n) is 3.92. The largest absolute Gasteiger partial charge is 0.492 e. The van der Waals surface area contributed by atoms with Gasteiger partial charge >= 0.3 is 0 Å². The summed E-state index contributed by atoms with van der Waals surface area (Å²) >= 11 is 1.37. The molecule has 2 rings (SSSR count). The summed E-state index contributed by atoms with van der Waals surface area (Å²) < 4.78 is 5.47. The Kier molecular flexibility index (Phi) is 4.35. The highest BCUT2D eigenvalue weighted by atomic mass is 32.1. The van der Waals surface area contributed by atoms with Crippen LogP contribution in [0.1, 0.15) is 14.7 Å². The van der Waals surface area contributed by atoms with Crippen LogP contribution in [0, 0.1) is 6.92 Å². The second kappa shape index (κ2) is 6.19. The van der Waals surface area contributed by atoms with Crippen LogP contribution in [0.15, 0.2) is 30.5 Å². The number of benzene rings is 1. The van der Waals surface area contributed by atoms with Crippen LogP contribution in [0.25, 0.3) is 0 Å². The topological polar surface area (TPSA) is 77.2 Å². The molecule has 1 amide bonds. The number of hydrogen-bond acceptors (Lipinski definition) is 5. The molecule has 100 valence electrons. The third-order valence-corrected chi connectivity index (χ3v) is 3.27. The summed E-state index contributed by atoms with van der Waals surface area (Å²) in [4.78, 5) is 16.4. The Balaban J connectivity index is 1.74. The first-order valence-electron chi connectivity index (χ1n) is 5.84. The molecule has 5 nitrogen and oxygen atoms in total. The Morgan fingerprint density at radius 2 is 2.37 bits per heavy atom. The van der Waals surface area contributed by atoms with Crippen molar-refractivity contribution in [3.05, 3.63) is 40.3 Å². The fourth-order valence-electron chi connectivity index (χ4n) is 1.49. The van der Waals surface area contributed by atoms with Gasteiger partial charge < -0.3 is 15.8 Å². The minimum atomic E-state index is -0.123. The van der Waals surface area contributed by atoms with Crippen molar-refractivity contribution >= 4 is 22.9 Å². The first-order chi connectivity index (χ1) is 9.15. The summed E-state index contributed by atoms with van der Waals surface area (Å²) in [5.41, 5.74) is 6.29. The standard InChI is InChI=1S/C13H15N3O2S/c1-9-16-8-12(19-9)13(17)15-5-6-18-11-4-2-3-10(14)7-11/h2-4,7-8H,5-6,14H2,1H3,(H,15,17). The molecule has 2 aromatic rings. The molecule has 0 bridgehead atoms. The summed E-state index contributed by atoms with van der Waals surface area (Å²) in [6.45, 7) is 2.70. The lowest BCUT2D eigenvalue weighted by atomic mass is 10.3. The zero-order chi connectivity index (χ0) is 13.7. The van der Waals surface area contributed by atoms with Gasteiger partial charge in [-0.1, -0.05) is 6.07 Å². The van der Waals surface area contributed by atoms with Crippen molar-refractivity contribution in [1.82, 2.24) is 10.3 Å². The SMILES string of the molecule is Cc1ncc(C(=O)NCCOc2cccc(N)c2)s1. The van der Waals surface area contributed by atoms with Crippen molar-refractivity contribution in [3.8, 4) is 5.75 Å². The lowest BCUT2D eigenvalue weighted by molar-refractivity contribution is 0.0951. The van der Waals surface area contributed by atoms with Crippen molar-refractivity contribution in [2.24, 2.45) is 0 Å². The number of aromatic nitrogens is 1. The highest BCUT2D eigenvalue weighted by Gasteiger charge is 2.07. The quantitative estimate of drug-likeness (QED) is 0.646. The summed E-state index contributed by atoms with van der Waals surface area (Å²) in [5.74, 6) is 0.574. The molecule has 0 fully saturated rings. The number of amides is 1. The van der Waals surface area contributed by atoms with Gasteiger partial charge in [0.25, 0.3) is 5.91 Å². The number of carbonyl (C=O) groups is 1. The van der Waals surface area contributed by atoms with Crippen molar-refractivity contribution in [2.75, 3.05) is 18.9 Å². The van der Waals surface area contributed by atoms with E-state index in [1.54, 1.807) is 18.3 Å². The number of hydrogen-bond donors (Lipinski definition) is 2. The van der Waals surface area contributed by atoms with Gasteiger partial charge in [-0.25, -0.2) is 4.98 Å². The van der Waals surface area contributed by atoms with Gasteiger partial charge in [0.1, 0.15) is 17.2 Å². The number of nitrogens with two attached hydrogens (primary N) is 1. The Morgan fingerprint density at radius 3 is 3.05 bits per heavy atom. The fourth-order valence-corrected chi connectivity index (χ4v) is 2.19. The molecule has 0 atom stereocenters. The number of rotatable bonds is 5. The molecule has 0 unspecified atom stereocenters. The van der Waals surface area contributed by atoms with E-state index in [0.717, 1.165) is 5.01 Å². The van der Waals surface area contributed by atoms with Crippen LogP contribution in [-0.4, -0.2) is 24.0 Å². The highest BCUT2D eigenvalue weighted by molar-refractivity contribution is 7.13. The molecule has 0 spiro atoms. The molecule has 19 heavy (non-hydrogen) atoms. The number of anilines is 1. The van der Waals surface area contributed by atoms with E-state index in [2.05, 4.69) is 10.3 Å². The second-order valence-corrected chi connectivity index (χ2v) is 5.16. The Morgan fingerprint density at radius 1 is 1.53 bits per heavy atom. The number of nitrogen functional groups attached to an aromatic ring is 1. The Bertz CT molecular complexity index is 569. The average molecular weight is 277 g/mol. The molecule has 0 aliphatic rings. The number of nitrogens with one attached hydrogen (secondary N) is 1. The minimum Gasteiger partial charge on any atom is -0.492 e. The van der Waals surface area contributed by atoms with Crippen LogP contribution in [0.2, 0.25) is 0 Å². The van der Waals surface area contributed by atoms with Gasteiger partial charge in [-0.2, -0.15) is 0 Å². The van der Waals surface area contributed by atoms with Crippen LogP contribution in [-0.2, 0) is 0 Å². The van der Waals surface area contributed by atoms with Gasteiger partial charge in [0, 0.05) is 11.8 Å². The molecular weight excluding hydrogens is 262 g/mol. The smallest absolute Gasteiger partial charge is 0.263 e. The van der Waals surface area contributed by atoms with Crippen molar-refractivity contribution in [2.45, 2.75) is 6.92 Å². The van der Waals surface area contributed by atoms with E-state index < -0.39 is 0 Å². The van der Waals surface area contributed by atoms with E-state index in [-0.39, 0.29) is 5.91 Å². The molecule has 0 aliphatic carbocycles. The maximum absolute atomic E-state index is 11.7. The molecular formula is C13H15N3O2S. The first kappa shape index (κ1) is 13.4. The van der Waals surface area contributed by atoms with E-state index in [4.69, 9.17) is 10.5 Å². The third kappa shape index (κ3) is 3.96. The normalized spacial score (nSPS) is 10.2. The van der Waals surface area contributed by atoms with Gasteiger partial charge in [0.05, 0.1) is 17.7 Å². The van der Waals surface area contributed by atoms with Crippen LogP contribution in [0.4, 0.5) is 5.69 Å². The molecule has 6 heteroatoms. The summed E-state index contributed by atoms with van der Waals surface area (Å²) in [6, 6.07) is 7.18. The molecule has 1 aromatic carbocycles. The van der Waals surface area contributed by atoms with Gasteiger partial charge in [-0.15, -0.1) is 11.3 Å². The molecule has 0 saturated carbocycles. The van der Waals surface area contributed by atoms with Crippen LogP contribution in [0.5, 0.6) is 5.75 Å². The van der Waals surface area contributed by atoms with E-state index in [0.29, 0.717) is 29.5 Å². The highest BCUT2D eigenvalue weighted by Crippen LogP contribution is 2.14. The Labute approximate surface area is 115 Å². The summed E-state index contributed by atoms with van der Waals surface area (Å²) in [6.07, 6.45) is 1.58. The molecule has 3 N–H and O–H groups in total. The van der Waals surface area contributed by atoms with E-state index >= 15 is 0 Å². The zero-order valence-electron chi connectivity index (χ0n) is 10.6. The number of ether oxygens (including phenoxy) is 1. The third-order valence-electron chi connectivity index (χ3n) is 2.36. The predicted molar refractivity (Wildman–Crippen MR) is 75.5 cm³/mol. The number of thiazole rings is 1. The summed E-state index contributed by atoms with van der Waals surface area (Å²) in [5, 5.41) is 3.65. The van der Waals surface area contributed by atoms with Crippen molar-refractivity contribution in [1.29, 1.82) is 0 Å². The number of aryl methyl sites for hydroxylation is 1. The summed E-state index contributed by atoms with van der Waals surface area (Å²) in [7, 11) is 0.